The molecule has 4 heteroatoms. The van der Waals surface area contributed by atoms with Crippen LogP contribution in [-0.4, -0.2) is 29.6 Å². The summed E-state index contributed by atoms with van der Waals surface area (Å²) in [4.78, 5) is 13.1. The molecule has 0 unspecified atom stereocenters. The van der Waals surface area contributed by atoms with E-state index in [-0.39, 0.29) is 5.76 Å². The molecule has 0 amide bonds. The van der Waals surface area contributed by atoms with Gasteiger partial charge in [-0.2, -0.15) is 0 Å². The lowest BCUT2D eigenvalue weighted by Gasteiger charge is -2.18. The molecule has 2 rings (SSSR count). The molecule has 0 aromatic carbocycles. The number of carbonyl (C=O) groups is 1. The number of hydrogen-bond donors (Lipinski definition) is 1. The fraction of sp³-hybridized carbons (Fsp3) is 0.643. The summed E-state index contributed by atoms with van der Waals surface area (Å²) in [7, 11) is 2.04. The quantitative estimate of drug-likeness (QED) is 0.844. The number of hydrogen-bond acceptors (Lipinski definition) is 3. The molecule has 0 spiro atoms. The van der Waals surface area contributed by atoms with Crippen molar-refractivity contribution in [1.82, 2.24) is 4.90 Å². The number of carboxylic acids is 1. The summed E-state index contributed by atoms with van der Waals surface area (Å²) in [5.41, 5.74) is 0.761. The van der Waals surface area contributed by atoms with Gasteiger partial charge in [0.05, 0.1) is 6.26 Å². The van der Waals surface area contributed by atoms with Crippen LogP contribution >= 0.6 is 0 Å². The molecular formula is C14H21NO3. The summed E-state index contributed by atoms with van der Waals surface area (Å²) in [5, 5.41) is 8.96. The average Bonchev–Trinajstić information content (AvgIpc) is 2.96. The van der Waals surface area contributed by atoms with Crippen LogP contribution in [0.15, 0.2) is 16.7 Å². The molecule has 1 fully saturated rings. The minimum atomic E-state index is -0.987. The Morgan fingerprint density at radius 2 is 2.22 bits per heavy atom. The lowest BCUT2D eigenvalue weighted by Crippen LogP contribution is -2.21. The van der Waals surface area contributed by atoms with Gasteiger partial charge in [0, 0.05) is 12.1 Å². The zero-order valence-electron chi connectivity index (χ0n) is 10.9. The predicted molar refractivity (Wildman–Crippen MR) is 68.6 cm³/mol. The van der Waals surface area contributed by atoms with E-state index in [9.17, 15) is 4.79 Å². The molecule has 1 aliphatic carbocycles. The van der Waals surface area contributed by atoms with Crippen LogP contribution in [0.25, 0.3) is 0 Å². The number of rotatable bonds is 6. The van der Waals surface area contributed by atoms with E-state index >= 15 is 0 Å². The Kier molecular flexibility index (Phi) is 4.42. The van der Waals surface area contributed by atoms with Gasteiger partial charge in [0.15, 0.2) is 0 Å². The first-order valence-corrected chi connectivity index (χ1v) is 6.65. The Labute approximate surface area is 108 Å². The van der Waals surface area contributed by atoms with Crippen LogP contribution in [0.5, 0.6) is 0 Å². The minimum absolute atomic E-state index is 0.0720. The lowest BCUT2D eigenvalue weighted by atomic mass is 10.0. The molecule has 0 atom stereocenters. The van der Waals surface area contributed by atoms with E-state index in [1.54, 1.807) is 6.07 Å². The number of nitrogens with zero attached hydrogens (tertiary/aromatic N) is 1. The van der Waals surface area contributed by atoms with E-state index < -0.39 is 5.97 Å². The number of carboxylic acid groups (broad SMARTS) is 1. The SMILES string of the molecule is CN(CCC1CCCC1)Cc1ccoc1C(=O)O. The molecule has 1 aliphatic rings. The topological polar surface area (TPSA) is 53.7 Å². The molecule has 1 aromatic heterocycles. The fourth-order valence-corrected chi connectivity index (χ4v) is 2.72. The molecule has 4 nitrogen and oxygen atoms in total. The third-order valence-electron chi connectivity index (χ3n) is 3.78. The zero-order valence-corrected chi connectivity index (χ0v) is 10.9. The normalized spacial score (nSPS) is 16.6. The van der Waals surface area contributed by atoms with Crippen molar-refractivity contribution in [2.45, 2.75) is 38.6 Å². The van der Waals surface area contributed by atoms with E-state index in [2.05, 4.69) is 4.90 Å². The maximum Gasteiger partial charge on any atom is 0.372 e. The second-order valence-corrected chi connectivity index (χ2v) is 5.26. The highest BCUT2D eigenvalue weighted by Crippen LogP contribution is 2.27. The van der Waals surface area contributed by atoms with Gasteiger partial charge in [-0.25, -0.2) is 4.79 Å². The lowest BCUT2D eigenvalue weighted by molar-refractivity contribution is 0.0659. The maximum atomic E-state index is 10.9. The Balaban J connectivity index is 1.80. The van der Waals surface area contributed by atoms with E-state index in [0.29, 0.717) is 6.54 Å². The summed E-state index contributed by atoms with van der Waals surface area (Å²) in [6, 6.07) is 1.75. The summed E-state index contributed by atoms with van der Waals surface area (Å²) in [5.74, 6) is -0.0438. The highest BCUT2D eigenvalue weighted by molar-refractivity contribution is 5.86. The molecule has 18 heavy (non-hydrogen) atoms. The van der Waals surface area contributed by atoms with Crippen molar-refractivity contribution in [3.63, 3.8) is 0 Å². The first-order chi connectivity index (χ1) is 8.66. The Morgan fingerprint density at radius 1 is 1.50 bits per heavy atom. The van der Waals surface area contributed by atoms with E-state index in [0.717, 1.165) is 18.0 Å². The number of aromatic carboxylic acids is 1. The van der Waals surface area contributed by atoms with Gasteiger partial charge < -0.3 is 14.4 Å². The van der Waals surface area contributed by atoms with Crippen LogP contribution in [0.3, 0.4) is 0 Å². The molecule has 1 heterocycles. The Hall–Kier alpha value is -1.29. The first-order valence-electron chi connectivity index (χ1n) is 6.65. The van der Waals surface area contributed by atoms with Gasteiger partial charge in [-0.05, 0) is 32.0 Å². The van der Waals surface area contributed by atoms with Crippen LogP contribution in [0, 0.1) is 5.92 Å². The van der Waals surface area contributed by atoms with Gasteiger partial charge in [-0.3, -0.25) is 0 Å². The van der Waals surface area contributed by atoms with Crippen LogP contribution in [0.4, 0.5) is 0 Å². The van der Waals surface area contributed by atoms with E-state index in [1.165, 1.54) is 38.4 Å². The molecule has 1 saturated carbocycles. The Morgan fingerprint density at radius 3 is 2.89 bits per heavy atom. The summed E-state index contributed by atoms with van der Waals surface area (Å²) < 4.78 is 4.98. The molecule has 100 valence electrons. The van der Waals surface area contributed by atoms with Crippen LogP contribution in [-0.2, 0) is 6.54 Å². The predicted octanol–water partition coefficient (Wildman–Crippen LogP) is 2.99. The van der Waals surface area contributed by atoms with Crippen molar-refractivity contribution in [3.05, 3.63) is 23.7 Å². The molecule has 1 aromatic rings. The van der Waals surface area contributed by atoms with Crippen LogP contribution < -0.4 is 0 Å². The zero-order chi connectivity index (χ0) is 13.0. The largest absolute Gasteiger partial charge is 0.475 e. The van der Waals surface area contributed by atoms with Crippen molar-refractivity contribution in [3.8, 4) is 0 Å². The highest BCUT2D eigenvalue weighted by atomic mass is 16.4. The fourth-order valence-electron chi connectivity index (χ4n) is 2.72. The Bertz CT molecular complexity index is 393. The van der Waals surface area contributed by atoms with Gasteiger partial charge in [0.25, 0.3) is 0 Å². The maximum absolute atomic E-state index is 10.9. The first kappa shape index (κ1) is 13.1. The van der Waals surface area contributed by atoms with Gasteiger partial charge in [-0.15, -0.1) is 0 Å². The molecule has 0 saturated heterocycles. The molecular weight excluding hydrogens is 230 g/mol. The number of furan rings is 1. The van der Waals surface area contributed by atoms with E-state index in [1.807, 2.05) is 7.05 Å². The standard InChI is InChI=1S/C14H21NO3/c1-15(8-6-11-4-2-3-5-11)10-12-7-9-18-13(12)14(16)17/h7,9,11H,2-6,8,10H2,1H3,(H,16,17). The molecule has 0 radical (unpaired) electrons. The highest BCUT2D eigenvalue weighted by Gasteiger charge is 2.17. The van der Waals surface area contributed by atoms with Crippen molar-refractivity contribution < 1.29 is 14.3 Å². The summed E-state index contributed by atoms with van der Waals surface area (Å²) in [6.07, 6.45) is 8.14. The second kappa shape index (κ2) is 6.05. The van der Waals surface area contributed by atoms with E-state index in [4.69, 9.17) is 9.52 Å². The van der Waals surface area contributed by atoms with Crippen molar-refractivity contribution >= 4 is 5.97 Å². The molecule has 0 aliphatic heterocycles. The van der Waals surface area contributed by atoms with Gasteiger partial charge in [0.2, 0.25) is 5.76 Å². The van der Waals surface area contributed by atoms with Crippen LogP contribution in [0.2, 0.25) is 0 Å². The van der Waals surface area contributed by atoms with Gasteiger partial charge >= 0.3 is 5.97 Å². The van der Waals surface area contributed by atoms with Crippen molar-refractivity contribution in [2.24, 2.45) is 5.92 Å². The molecule has 0 bridgehead atoms. The monoisotopic (exact) mass is 251 g/mol. The molecule has 1 N–H and O–H groups in total. The summed E-state index contributed by atoms with van der Waals surface area (Å²) >= 11 is 0. The van der Waals surface area contributed by atoms with Gasteiger partial charge in [-0.1, -0.05) is 25.7 Å². The van der Waals surface area contributed by atoms with Crippen molar-refractivity contribution in [2.75, 3.05) is 13.6 Å². The third-order valence-corrected chi connectivity index (χ3v) is 3.78. The third kappa shape index (κ3) is 3.35. The van der Waals surface area contributed by atoms with Crippen LogP contribution in [0.1, 0.15) is 48.2 Å². The minimum Gasteiger partial charge on any atom is -0.475 e. The van der Waals surface area contributed by atoms with Crippen molar-refractivity contribution in [1.29, 1.82) is 0 Å². The smallest absolute Gasteiger partial charge is 0.372 e. The van der Waals surface area contributed by atoms with Gasteiger partial charge in [0.1, 0.15) is 0 Å². The summed E-state index contributed by atoms with van der Waals surface area (Å²) in [6.45, 7) is 1.67. The average molecular weight is 251 g/mol. The second-order valence-electron chi connectivity index (χ2n) is 5.26.